The lowest BCUT2D eigenvalue weighted by atomic mass is 9.97. The van der Waals surface area contributed by atoms with Gasteiger partial charge in [0, 0.05) is 59.9 Å². The van der Waals surface area contributed by atoms with Crippen molar-refractivity contribution in [2.75, 3.05) is 0 Å². The molecule has 5 nitrogen and oxygen atoms in total. The number of fused-ring (bicyclic) bond motifs is 18. The van der Waals surface area contributed by atoms with E-state index in [1.165, 1.54) is 75.9 Å². The van der Waals surface area contributed by atoms with Gasteiger partial charge < -0.3 is 13.4 Å². The molecule has 0 amide bonds. The van der Waals surface area contributed by atoms with Gasteiger partial charge in [-0.3, -0.25) is 0 Å². The topological polar surface area (TPSA) is 48.3 Å². The Balaban J connectivity index is 1.07. The lowest BCUT2D eigenvalue weighted by molar-refractivity contribution is 0.667. The quantitative estimate of drug-likeness (QED) is 0.181. The lowest BCUT2D eigenvalue weighted by Gasteiger charge is -2.12. The molecule has 0 aliphatic heterocycles. The van der Waals surface area contributed by atoms with Gasteiger partial charge in [-0.15, -0.1) is 0 Å². The van der Waals surface area contributed by atoms with Crippen LogP contribution in [-0.4, -0.2) is 18.9 Å². The highest BCUT2D eigenvalue weighted by Gasteiger charge is 2.26. The van der Waals surface area contributed by atoms with Gasteiger partial charge in [-0.05, 0) is 64.7 Å². The summed E-state index contributed by atoms with van der Waals surface area (Å²) in [6.45, 7) is 0. The summed E-state index contributed by atoms with van der Waals surface area (Å²) in [5, 5.41) is 13.7. The van der Waals surface area contributed by atoms with Crippen molar-refractivity contribution in [1.82, 2.24) is 18.9 Å². The Hall–Kier alpha value is -8.02. The van der Waals surface area contributed by atoms with Gasteiger partial charge in [-0.25, -0.2) is 9.97 Å². The highest BCUT2D eigenvalue weighted by atomic mass is 16.3. The number of hydrogen-bond donors (Lipinski definition) is 0. The van der Waals surface area contributed by atoms with Crippen LogP contribution in [0.5, 0.6) is 0 Å². The maximum atomic E-state index is 6.39. The van der Waals surface area contributed by atoms with E-state index >= 15 is 0 Å². The summed E-state index contributed by atoms with van der Waals surface area (Å²) in [5.74, 6) is 0.661. The smallest absolute Gasteiger partial charge is 0.180 e. The van der Waals surface area contributed by atoms with Gasteiger partial charge in [0.2, 0.25) is 0 Å². The Morgan fingerprint density at radius 1 is 0.390 bits per heavy atom. The van der Waals surface area contributed by atoms with Crippen molar-refractivity contribution in [1.29, 1.82) is 0 Å². The van der Waals surface area contributed by atoms with Gasteiger partial charge in [0.1, 0.15) is 16.8 Å². The molecule has 0 fully saturated rings. The number of aromatic nitrogens is 4. The zero-order chi connectivity index (χ0) is 38.3. The largest absolute Gasteiger partial charge is 0.452 e. The summed E-state index contributed by atoms with van der Waals surface area (Å²) in [6, 6.07) is 65.2. The van der Waals surface area contributed by atoms with Crippen molar-refractivity contribution >= 4 is 104 Å². The molecular formula is C54H30N4O. The molecule has 272 valence electrons. The summed E-state index contributed by atoms with van der Waals surface area (Å²) in [7, 11) is 0. The van der Waals surface area contributed by atoms with Crippen LogP contribution in [0.3, 0.4) is 0 Å². The molecule has 0 N–H and O–H groups in total. The predicted octanol–water partition coefficient (Wildman–Crippen LogP) is 14.3. The van der Waals surface area contributed by atoms with Gasteiger partial charge in [-0.2, -0.15) is 0 Å². The molecule has 0 aliphatic rings. The number of rotatable bonds is 3. The summed E-state index contributed by atoms with van der Waals surface area (Å²) < 4.78 is 11.4. The van der Waals surface area contributed by atoms with Crippen molar-refractivity contribution in [3.63, 3.8) is 0 Å². The lowest BCUT2D eigenvalue weighted by Crippen LogP contribution is -1.97. The minimum absolute atomic E-state index is 0.661. The van der Waals surface area contributed by atoms with Crippen LogP contribution < -0.4 is 0 Å². The van der Waals surface area contributed by atoms with E-state index in [2.05, 4.69) is 155 Å². The molecule has 0 spiro atoms. The third-order valence-corrected chi connectivity index (χ3v) is 12.6. The first-order chi connectivity index (χ1) is 29.3. The van der Waals surface area contributed by atoms with Crippen molar-refractivity contribution in [3.8, 4) is 28.3 Å². The molecule has 0 saturated carbocycles. The van der Waals surface area contributed by atoms with E-state index in [4.69, 9.17) is 14.4 Å². The zero-order valence-electron chi connectivity index (χ0n) is 31.5. The molecule has 5 aromatic heterocycles. The van der Waals surface area contributed by atoms with Gasteiger partial charge in [-0.1, -0.05) is 133 Å². The molecule has 0 radical (unpaired) electrons. The van der Waals surface area contributed by atoms with Crippen molar-refractivity contribution < 1.29 is 4.42 Å². The normalized spacial score (nSPS) is 12.4. The van der Waals surface area contributed by atoms with E-state index in [1.807, 2.05) is 36.4 Å². The van der Waals surface area contributed by atoms with Crippen molar-refractivity contribution in [2.45, 2.75) is 0 Å². The van der Waals surface area contributed by atoms with Crippen LogP contribution in [0.2, 0.25) is 0 Å². The molecule has 0 atom stereocenters. The Morgan fingerprint density at radius 2 is 1.07 bits per heavy atom. The first kappa shape index (κ1) is 31.1. The molecule has 5 heteroatoms. The molecule has 0 unspecified atom stereocenters. The fourth-order valence-electron chi connectivity index (χ4n) is 10.2. The first-order valence-electron chi connectivity index (χ1n) is 20.1. The van der Waals surface area contributed by atoms with Crippen LogP contribution >= 0.6 is 0 Å². The Kier molecular flexibility index (Phi) is 5.96. The number of benzene rings is 9. The SMILES string of the molecule is c1ccc(-c2nc(-c3ccc(-n4c5ccccc5c5c4c4ccccc4c4c6cccc7c8c9ccccc9ccc8n(c76)c45)cc3)nc3c2oc2ccccc23)cc1. The zero-order valence-corrected chi connectivity index (χ0v) is 31.5. The van der Waals surface area contributed by atoms with Crippen LogP contribution in [0, 0.1) is 0 Å². The van der Waals surface area contributed by atoms with Crippen molar-refractivity contribution in [3.05, 3.63) is 182 Å². The second-order valence-corrected chi connectivity index (χ2v) is 15.6. The van der Waals surface area contributed by atoms with Gasteiger partial charge in [0.25, 0.3) is 0 Å². The summed E-state index contributed by atoms with van der Waals surface area (Å²) in [6.07, 6.45) is 0. The molecule has 0 bridgehead atoms. The highest BCUT2D eigenvalue weighted by molar-refractivity contribution is 6.40. The third-order valence-electron chi connectivity index (χ3n) is 12.6. The highest BCUT2D eigenvalue weighted by Crippen LogP contribution is 2.49. The monoisotopic (exact) mass is 750 g/mol. The fraction of sp³-hybridized carbons (Fsp3) is 0. The third kappa shape index (κ3) is 4.03. The van der Waals surface area contributed by atoms with Gasteiger partial charge in [0.05, 0.1) is 27.6 Å². The maximum Gasteiger partial charge on any atom is 0.180 e. The minimum atomic E-state index is 0.661. The van der Waals surface area contributed by atoms with Gasteiger partial charge in [0.15, 0.2) is 11.4 Å². The molecule has 59 heavy (non-hydrogen) atoms. The number of nitrogens with zero attached hydrogens (tertiary/aromatic N) is 4. The number of hydrogen-bond acceptors (Lipinski definition) is 3. The second-order valence-electron chi connectivity index (χ2n) is 15.6. The van der Waals surface area contributed by atoms with E-state index < -0.39 is 0 Å². The number of furan rings is 1. The van der Waals surface area contributed by atoms with Crippen LogP contribution in [0.25, 0.3) is 132 Å². The molecular weight excluding hydrogens is 721 g/mol. The summed E-state index contributed by atoms with van der Waals surface area (Å²) in [5.41, 5.74) is 12.2. The maximum absolute atomic E-state index is 6.39. The van der Waals surface area contributed by atoms with Crippen LogP contribution in [0.15, 0.2) is 186 Å². The van der Waals surface area contributed by atoms with E-state index in [-0.39, 0.29) is 0 Å². The van der Waals surface area contributed by atoms with E-state index in [0.717, 1.165) is 44.5 Å². The second kappa shape index (κ2) is 11.3. The minimum Gasteiger partial charge on any atom is -0.452 e. The van der Waals surface area contributed by atoms with E-state index in [0.29, 0.717) is 11.4 Å². The Morgan fingerprint density at radius 3 is 1.92 bits per heavy atom. The van der Waals surface area contributed by atoms with Crippen LogP contribution in [-0.2, 0) is 0 Å². The van der Waals surface area contributed by atoms with Crippen molar-refractivity contribution in [2.24, 2.45) is 0 Å². The fourth-order valence-corrected chi connectivity index (χ4v) is 10.2. The summed E-state index contributed by atoms with van der Waals surface area (Å²) in [4.78, 5) is 10.3. The number of para-hydroxylation sites is 3. The molecule has 9 aromatic carbocycles. The molecule has 0 saturated heterocycles. The molecule has 14 aromatic rings. The average molecular weight is 751 g/mol. The standard InChI is InChI=1S/C54H30N4O/c1-2-14-32(15-3-1)48-53-49(39-20-9-11-24-44(39)59-53)56-54(55-48)33-25-28-34(29-26-33)57-42-23-10-8-19-38(42)47-51(57)37-18-7-6-17-36(37)46-41-22-12-21-40-45-35-16-5-4-13-31(35)27-30-43(45)58(50(40)41)52(46)47/h1-30H. The van der Waals surface area contributed by atoms with Gasteiger partial charge >= 0.3 is 0 Å². The molecule has 5 heterocycles. The predicted molar refractivity (Wildman–Crippen MR) is 244 cm³/mol. The van der Waals surface area contributed by atoms with E-state index in [1.54, 1.807) is 0 Å². The Labute approximate surface area is 335 Å². The average Bonchev–Trinajstić information content (AvgIpc) is 4.05. The van der Waals surface area contributed by atoms with Crippen LogP contribution in [0.1, 0.15) is 0 Å². The van der Waals surface area contributed by atoms with E-state index in [9.17, 15) is 0 Å². The first-order valence-corrected chi connectivity index (χ1v) is 20.1. The molecule has 0 aliphatic carbocycles. The summed E-state index contributed by atoms with van der Waals surface area (Å²) >= 11 is 0. The molecule has 14 rings (SSSR count). The van der Waals surface area contributed by atoms with Crippen LogP contribution in [0.4, 0.5) is 0 Å². The Bertz CT molecular complexity index is 4060.